The Morgan fingerprint density at radius 1 is 1.23 bits per heavy atom. The molecule has 6 nitrogen and oxygen atoms in total. The van der Waals surface area contributed by atoms with Gasteiger partial charge in [-0.05, 0) is 47.1 Å². The van der Waals surface area contributed by atoms with Gasteiger partial charge in [-0.15, -0.1) is 0 Å². The standard InChI is InChI=1S/C19H22BrN3O3/c1-13(26-16-6-3-2-5-15(16)20)12-22-19(21)23-14-7-8-17-18(11-14)25-10-4-9-24-17/h2-3,5-8,11,13H,4,9-10,12H2,1H3,(H3,21,22,23). The van der Waals surface area contributed by atoms with E-state index in [0.717, 1.165) is 28.1 Å². The number of guanidine groups is 1. The van der Waals surface area contributed by atoms with Crippen LogP contribution >= 0.6 is 15.9 Å². The van der Waals surface area contributed by atoms with Gasteiger partial charge in [-0.3, -0.25) is 0 Å². The van der Waals surface area contributed by atoms with Crippen molar-refractivity contribution in [3.05, 3.63) is 46.9 Å². The fourth-order valence-corrected chi connectivity index (χ4v) is 2.83. The van der Waals surface area contributed by atoms with Crippen molar-refractivity contribution >= 4 is 27.6 Å². The van der Waals surface area contributed by atoms with Gasteiger partial charge in [-0.1, -0.05) is 12.1 Å². The second-order valence-electron chi connectivity index (χ2n) is 5.92. The predicted molar refractivity (Wildman–Crippen MR) is 106 cm³/mol. The highest BCUT2D eigenvalue weighted by atomic mass is 79.9. The van der Waals surface area contributed by atoms with Gasteiger partial charge in [0.2, 0.25) is 0 Å². The van der Waals surface area contributed by atoms with E-state index in [0.29, 0.717) is 31.5 Å². The first-order valence-electron chi connectivity index (χ1n) is 8.49. The lowest BCUT2D eigenvalue weighted by molar-refractivity contribution is 0.229. The smallest absolute Gasteiger partial charge is 0.193 e. The molecular formula is C19H22BrN3O3. The summed E-state index contributed by atoms with van der Waals surface area (Å²) in [6.45, 7) is 3.69. The number of aliphatic imine (C=N–C) groups is 1. The Hall–Kier alpha value is -2.41. The highest BCUT2D eigenvalue weighted by Crippen LogP contribution is 2.32. The maximum absolute atomic E-state index is 5.99. The summed E-state index contributed by atoms with van der Waals surface area (Å²) in [5.41, 5.74) is 6.79. The number of anilines is 1. The van der Waals surface area contributed by atoms with Crippen molar-refractivity contribution in [2.75, 3.05) is 25.1 Å². The van der Waals surface area contributed by atoms with Gasteiger partial charge < -0.3 is 25.3 Å². The number of halogens is 1. The number of hydrogen-bond donors (Lipinski definition) is 2. The lowest BCUT2D eigenvalue weighted by Gasteiger charge is -2.14. The van der Waals surface area contributed by atoms with Crippen molar-refractivity contribution in [2.45, 2.75) is 19.4 Å². The van der Waals surface area contributed by atoms with Gasteiger partial charge in [0.1, 0.15) is 11.9 Å². The number of ether oxygens (including phenoxy) is 3. The molecular weight excluding hydrogens is 398 g/mol. The molecule has 0 aromatic heterocycles. The van der Waals surface area contributed by atoms with E-state index < -0.39 is 0 Å². The second kappa shape index (κ2) is 8.80. The lowest BCUT2D eigenvalue weighted by atomic mass is 10.3. The zero-order valence-corrected chi connectivity index (χ0v) is 16.2. The monoisotopic (exact) mass is 419 g/mol. The Labute approximate surface area is 161 Å². The molecule has 138 valence electrons. The van der Waals surface area contributed by atoms with Crippen LogP contribution in [0.5, 0.6) is 17.2 Å². The third-order valence-corrected chi connectivity index (χ3v) is 4.36. The fraction of sp³-hybridized carbons (Fsp3) is 0.316. The first-order chi connectivity index (χ1) is 12.6. The summed E-state index contributed by atoms with van der Waals surface area (Å²) in [5, 5.41) is 3.07. The van der Waals surface area contributed by atoms with Crippen molar-refractivity contribution in [3.63, 3.8) is 0 Å². The van der Waals surface area contributed by atoms with Crippen LogP contribution in [0.2, 0.25) is 0 Å². The van der Waals surface area contributed by atoms with E-state index in [1.54, 1.807) is 0 Å². The van der Waals surface area contributed by atoms with Crippen LogP contribution in [0.1, 0.15) is 13.3 Å². The van der Waals surface area contributed by atoms with Gasteiger partial charge in [0.25, 0.3) is 0 Å². The van der Waals surface area contributed by atoms with Crippen LogP contribution in [0.25, 0.3) is 0 Å². The third kappa shape index (κ3) is 5.05. The van der Waals surface area contributed by atoms with Gasteiger partial charge in [0.15, 0.2) is 17.5 Å². The Bertz CT molecular complexity index is 782. The molecule has 0 saturated heterocycles. The summed E-state index contributed by atoms with van der Waals surface area (Å²) < 4.78 is 18.1. The number of hydrogen-bond acceptors (Lipinski definition) is 4. The molecule has 0 radical (unpaired) electrons. The van der Waals surface area contributed by atoms with Gasteiger partial charge in [0.05, 0.1) is 24.2 Å². The van der Waals surface area contributed by atoms with Gasteiger partial charge in [-0.2, -0.15) is 0 Å². The SMILES string of the molecule is CC(CN=C(N)Nc1ccc2c(c1)OCCCO2)Oc1ccccc1Br. The molecule has 0 aliphatic carbocycles. The summed E-state index contributed by atoms with van der Waals surface area (Å²) >= 11 is 3.46. The Kier molecular flexibility index (Phi) is 6.22. The number of fused-ring (bicyclic) bond motifs is 1. The number of nitrogens with two attached hydrogens (primary N) is 1. The molecule has 2 aromatic carbocycles. The number of rotatable bonds is 5. The predicted octanol–water partition coefficient (Wildman–Crippen LogP) is 3.80. The van der Waals surface area contributed by atoms with Crippen LogP contribution in [-0.2, 0) is 0 Å². The van der Waals surface area contributed by atoms with Crippen LogP contribution < -0.4 is 25.3 Å². The molecule has 0 fully saturated rings. The van der Waals surface area contributed by atoms with Crippen LogP contribution in [-0.4, -0.2) is 31.8 Å². The van der Waals surface area contributed by atoms with E-state index in [-0.39, 0.29) is 6.10 Å². The minimum absolute atomic E-state index is 0.113. The quantitative estimate of drug-likeness (QED) is 0.568. The van der Waals surface area contributed by atoms with Crippen LogP contribution in [0, 0.1) is 0 Å². The molecule has 0 amide bonds. The van der Waals surface area contributed by atoms with Crippen LogP contribution in [0.3, 0.4) is 0 Å². The van der Waals surface area contributed by atoms with E-state index in [1.807, 2.05) is 49.4 Å². The van der Waals surface area contributed by atoms with Crippen LogP contribution in [0.4, 0.5) is 5.69 Å². The largest absolute Gasteiger partial charge is 0.490 e. The molecule has 3 rings (SSSR count). The summed E-state index contributed by atoms with van der Waals surface area (Å²) in [4.78, 5) is 4.35. The van der Waals surface area contributed by atoms with Gasteiger partial charge in [0, 0.05) is 18.2 Å². The average molecular weight is 420 g/mol. The number of para-hydroxylation sites is 1. The topological polar surface area (TPSA) is 78.1 Å². The van der Waals surface area contributed by atoms with E-state index >= 15 is 0 Å². The first kappa shape index (κ1) is 18.4. The van der Waals surface area contributed by atoms with E-state index in [4.69, 9.17) is 19.9 Å². The minimum atomic E-state index is -0.113. The van der Waals surface area contributed by atoms with Crippen molar-refractivity contribution in [3.8, 4) is 17.2 Å². The number of nitrogens with zero attached hydrogens (tertiary/aromatic N) is 1. The molecule has 7 heteroatoms. The molecule has 0 saturated carbocycles. The van der Waals surface area contributed by atoms with Crippen molar-refractivity contribution < 1.29 is 14.2 Å². The highest BCUT2D eigenvalue weighted by molar-refractivity contribution is 9.10. The number of nitrogens with one attached hydrogen (secondary N) is 1. The van der Waals surface area contributed by atoms with Crippen LogP contribution in [0.15, 0.2) is 51.9 Å². The summed E-state index contributed by atoms with van der Waals surface area (Å²) in [6, 6.07) is 13.3. The third-order valence-electron chi connectivity index (χ3n) is 3.70. The highest BCUT2D eigenvalue weighted by Gasteiger charge is 2.11. The fourth-order valence-electron chi connectivity index (χ4n) is 2.45. The Balaban J connectivity index is 1.56. The molecule has 1 aliphatic heterocycles. The minimum Gasteiger partial charge on any atom is -0.490 e. The molecule has 0 bridgehead atoms. The molecule has 1 aliphatic rings. The molecule has 26 heavy (non-hydrogen) atoms. The van der Waals surface area contributed by atoms with Gasteiger partial charge in [-0.25, -0.2) is 4.99 Å². The zero-order valence-electron chi connectivity index (χ0n) is 14.6. The van der Waals surface area contributed by atoms with Crippen molar-refractivity contribution in [1.82, 2.24) is 0 Å². The molecule has 1 unspecified atom stereocenters. The molecule has 0 spiro atoms. The molecule has 1 atom stereocenters. The summed E-state index contributed by atoms with van der Waals surface area (Å²) in [6.07, 6.45) is 0.758. The van der Waals surface area contributed by atoms with E-state index in [1.165, 1.54) is 0 Å². The normalized spacial score (nSPS) is 15.1. The Morgan fingerprint density at radius 3 is 2.81 bits per heavy atom. The second-order valence-corrected chi connectivity index (χ2v) is 6.78. The first-order valence-corrected chi connectivity index (χ1v) is 9.29. The Morgan fingerprint density at radius 2 is 2.00 bits per heavy atom. The van der Waals surface area contributed by atoms with Crippen molar-refractivity contribution in [2.24, 2.45) is 10.7 Å². The lowest BCUT2D eigenvalue weighted by Crippen LogP contribution is -2.25. The molecule has 1 heterocycles. The van der Waals surface area contributed by atoms with E-state index in [9.17, 15) is 0 Å². The molecule has 2 aromatic rings. The maximum atomic E-state index is 5.99. The van der Waals surface area contributed by atoms with E-state index in [2.05, 4.69) is 26.2 Å². The summed E-state index contributed by atoms with van der Waals surface area (Å²) in [7, 11) is 0. The zero-order chi connectivity index (χ0) is 18.4. The van der Waals surface area contributed by atoms with Gasteiger partial charge >= 0.3 is 0 Å². The summed E-state index contributed by atoms with van der Waals surface area (Å²) in [5.74, 6) is 2.57. The average Bonchev–Trinajstić information content (AvgIpc) is 2.87. The number of benzene rings is 2. The molecule has 3 N–H and O–H groups in total. The van der Waals surface area contributed by atoms with Crippen molar-refractivity contribution in [1.29, 1.82) is 0 Å². The maximum Gasteiger partial charge on any atom is 0.193 e.